The molecular formula is C84H52N4O2P2. The summed E-state index contributed by atoms with van der Waals surface area (Å²) < 4.78 is 42.8. The molecule has 0 atom stereocenters. The van der Waals surface area contributed by atoms with Crippen LogP contribution in [0.1, 0.15) is 0 Å². The lowest BCUT2D eigenvalue weighted by Gasteiger charge is -2.22. The third kappa shape index (κ3) is 7.00. The second kappa shape index (κ2) is 19.1. The third-order valence-corrected chi connectivity index (χ3v) is 26.2. The van der Waals surface area contributed by atoms with Gasteiger partial charge in [0.1, 0.15) is 0 Å². The Morgan fingerprint density at radius 2 is 0.446 bits per heavy atom. The highest BCUT2D eigenvalue weighted by atomic mass is 31.2. The number of aromatic nitrogens is 4. The molecule has 92 heavy (non-hydrogen) atoms. The summed E-state index contributed by atoms with van der Waals surface area (Å²) in [6.07, 6.45) is 0. The predicted molar refractivity (Wildman–Crippen MR) is 386 cm³/mol. The first-order chi connectivity index (χ1) is 45.4. The van der Waals surface area contributed by atoms with Crippen molar-refractivity contribution in [2.24, 2.45) is 0 Å². The van der Waals surface area contributed by atoms with Crippen LogP contribution in [0.2, 0.25) is 0 Å². The molecular weight excluding hydrogens is 1160 g/mol. The minimum absolute atomic E-state index is 0.749. The van der Waals surface area contributed by atoms with Gasteiger partial charge in [-0.3, -0.25) is 0 Å². The van der Waals surface area contributed by atoms with Crippen LogP contribution in [0.15, 0.2) is 315 Å². The van der Waals surface area contributed by atoms with E-state index in [4.69, 9.17) is 0 Å². The molecule has 0 spiro atoms. The summed E-state index contributed by atoms with van der Waals surface area (Å²) in [6, 6.07) is 112. The van der Waals surface area contributed by atoms with Gasteiger partial charge in [-0.1, -0.05) is 194 Å². The molecule has 430 valence electrons. The second-order valence-corrected chi connectivity index (χ2v) is 30.0. The molecule has 6 heterocycles. The van der Waals surface area contributed by atoms with Crippen LogP contribution in [0.5, 0.6) is 0 Å². The van der Waals surface area contributed by atoms with E-state index in [1.54, 1.807) is 0 Å². The summed E-state index contributed by atoms with van der Waals surface area (Å²) in [5, 5.41) is 13.9. The Morgan fingerprint density at radius 1 is 0.196 bits per heavy atom. The van der Waals surface area contributed by atoms with E-state index in [2.05, 4.69) is 285 Å². The summed E-state index contributed by atoms with van der Waals surface area (Å²) in [6.45, 7) is 0. The fourth-order valence-electron chi connectivity index (χ4n) is 16.0. The molecule has 0 radical (unpaired) electrons. The van der Waals surface area contributed by atoms with Crippen LogP contribution in [-0.4, -0.2) is 18.3 Å². The Balaban J connectivity index is 0.669. The van der Waals surface area contributed by atoms with Crippen molar-refractivity contribution in [3.63, 3.8) is 0 Å². The van der Waals surface area contributed by atoms with Crippen LogP contribution in [0.3, 0.4) is 0 Å². The van der Waals surface area contributed by atoms with Crippen molar-refractivity contribution in [1.82, 2.24) is 18.3 Å². The molecule has 0 unspecified atom stereocenters. The van der Waals surface area contributed by atoms with Gasteiger partial charge in [0.05, 0.1) is 44.1 Å². The van der Waals surface area contributed by atoms with Crippen LogP contribution in [0, 0.1) is 0 Å². The van der Waals surface area contributed by atoms with E-state index in [0.29, 0.717) is 0 Å². The normalized spacial score (nSPS) is 13.7. The molecule has 14 aromatic carbocycles. The van der Waals surface area contributed by atoms with Gasteiger partial charge in [-0.25, -0.2) is 0 Å². The van der Waals surface area contributed by atoms with Gasteiger partial charge < -0.3 is 27.4 Å². The van der Waals surface area contributed by atoms with Gasteiger partial charge >= 0.3 is 0 Å². The van der Waals surface area contributed by atoms with E-state index >= 15 is 9.13 Å². The molecule has 0 saturated carbocycles. The smallest absolute Gasteiger partial charge is 0.172 e. The summed E-state index contributed by atoms with van der Waals surface area (Å²) in [5.74, 6) is 0. The molecule has 18 aromatic rings. The Kier molecular flexibility index (Phi) is 10.7. The molecule has 2 aliphatic heterocycles. The number of fused-ring (bicyclic) bond motifs is 12. The summed E-state index contributed by atoms with van der Waals surface area (Å²) in [7, 11) is -6.99. The van der Waals surface area contributed by atoms with E-state index in [-0.39, 0.29) is 0 Å². The van der Waals surface area contributed by atoms with Crippen LogP contribution in [0.4, 0.5) is 0 Å². The SMILES string of the molecule is O=P1(c2cccc(-n3c4ccccc4c4cc(-c5ccc6c(c5)c5ccccc5n6-c5ccccc5)ccc43)c2)c2cccc3c2-c2c1cccc2P3(=O)c1cccc(-n2c3ccccc3c3cc(-c4ccc5c(c4)c4ccccc4n5-c4ccccc4)ccc32)c1. The maximum Gasteiger partial charge on any atom is 0.172 e. The van der Waals surface area contributed by atoms with Crippen LogP contribution in [0.25, 0.3) is 143 Å². The maximum absolute atomic E-state index is 16.7. The highest BCUT2D eigenvalue weighted by molar-refractivity contribution is 7.89. The topological polar surface area (TPSA) is 53.9 Å². The molecule has 4 aromatic heterocycles. The van der Waals surface area contributed by atoms with Crippen LogP contribution >= 0.6 is 14.3 Å². The van der Waals surface area contributed by atoms with Gasteiger partial charge in [-0.2, -0.15) is 0 Å². The Labute approximate surface area is 529 Å². The van der Waals surface area contributed by atoms with E-state index < -0.39 is 14.3 Å². The number of hydrogen-bond acceptors (Lipinski definition) is 2. The highest BCUT2D eigenvalue weighted by Crippen LogP contribution is 2.61. The van der Waals surface area contributed by atoms with Crippen molar-refractivity contribution >= 4 is 133 Å². The quantitative estimate of drug-likeness (QED) is 0.142. The Morgan fingerprint density at radius 3 is 0.761 bits per heavy atom. The van der Waals surface area contributed by atoms with Crippen molar-refractivity contribution in [1.29, 1.82) is 0 Å². The minimum atomic E-state index is -3.50. The largest absolute Gasteiger partial charge is 0.309 e. The van der Waals surface area contributed by atoms with E-state index in [9.17, 15) is 0 Å². The van der Waals surface area contributed by atoms with Crippen LogP contribution < -0.4 is 31.8 Å². The molecule has 0 amide bonds. The van der Waals surface area contributed by atoms with E-state index in [0.717, 1.165) is 132 Å². The van der Waals surface area contributed by atoms with Crippen molar-refractivity contribution < 1.29 is 9.13 Å². The van der Waals surface area contributed by atoms with Crippen molar-refractivity contribution in [3.8, 4) is 56.1 Å². The summed E-state index contributed by atoms with van der Waals surface area (Å²) in [5.41, 5.74) is 19.4. The maximum atomic E-state index is 16.7. The van der Waals surface area contributed by atoms with E-state index in [1.165, 1.54) is 43.6 Å². The molecule has 0 N–H and O–H groups in total. The molecule has 8 heteroatoms. The lowest BCUT2D eigenvalue weighted by atomic mass is 10.0. The second-order valence-electron chi connectivity index (χ2n) is 24.6. The monoisotopic (exact) mass is 1210 g/mol. The van der Waals surface area contributed by atoms with Crippen molar-refractivity contribution in [3.05, 3.63) is 315 Å². The molecule has 0 fully saturated rings. The fourth-order valence-corrected chi connectivity index (χ4v) is 22.4. The minimum Gasteiger partial charge on any atom is -0.309 e. The van der Waals surface area contributed by atoms with Gasteiger partial charge in [0.15, 0.2) is 14.3 Å². The third-order valence-electron chi connectivity index (χ3n) is 19.9. The Hall–Kier alpha value is -11.3. The first-order valence-electron chi connectivity index (χ1n) is 31.4. The number of hydrogen-bond donors (Lipinski definition) is 0. The zero-order valence-corrected chi connectivity index (χ0v) is 51.3. The average Bonchev–Trinajstić information content (AvgIpc) is 1.50. The molecule has 2 aliphatic rings. The standard InChI is InChI=1S/C84H52N4O2P2/c89-91(61-25-15-23-59(51-61)87-73-33-13-9-29-65(73)69-49-55(41-45-77(69)87)53-39-43-75-67(47-53)63-27-7-11-31-71(63)85(75)57-19-3-1-4-20-57)79-35-17-37-81-83(79)84-80(91)36-18-38-82(84)92(81,90)62-26-16-24-60(52-62)88-74-34-14-10-30-66(74)70-50-56(42-46-78(70)88)54-40-44-76-68(48-54)64-28-8-12-32-72(64)86(76)58-21-5-2-6-22-58/h1-52H. The first kappa shape index (κ1) is 51.6. The van der Waals surface area contributed by atoms with Gasteiger partial charge in [0.25, 0.3) is 0 Å². The van der Waals surface area contributed by atoms with Crippen molar-refractivity contribution in [2.75, 3.05) is 0 Å². The van der Waals surface area contributed by atoms with E-state index in [1.807, 2.05) is 48.5 Å². The van der Waals surface area contributed by atoms with Crippen molar-refractivity contribution in [2.45, 2.75) is 0 Å². The summed E-state index contributed by atoms with van der Waals surface area (Å²) >= 11 is 0. The number of nitrogens with zero attached hydrogens (tertiary/aromatic N) is 4. The lowest BCUT2D eigenvalue weighted by molar-refractivity contribution is 0.592. The Bertz CT molecular complexity index is 5910. The number of benzene rings is 14. The van der Waals surface area contributed by atoms with Gasteiger partial charge in [-0.15, -0.1) is 0 Å². The highest BCUT2D eigenvalue weighted by Gasteiger charge is 2.52. The number of rotatable bonds is 8. The molecule has 6 nitrogen and oxygen atoms in total. The zero-order valence-electron chi connectivity index (χ0n) is 49.5. The van der Waals surface area contributed by atoms with Gasteiger partial charge in [0, 0.05) is 109 Å². The molecule has 20 rings (SSSR count). The average molecular weight is 1210 g/mol. The van der Waals surface area contributed by atoms with Gasteiger partial charge in [-0.05, 0) is 144 Å². The molecule has 0 saturated heterocycles. The number of para-hydroxylation sites is 6. The fraction of sp³-hybridized carbons (Fsp3) is 0. The summed E-state index contributed by atoms with van der Waals surface area (Å²) in [4.78, 5) is 0. The van der Waals surface area contributed by atoms with Gasteiger partial charge in [0.2, 0.25) is 0 Å². The molecule has 0 aliphatic carbocycles. The predicted octanol–water partition coefficient (Wildman–Crippen LogP) is 19.0. The first-order valence-corrected chi connectivity index (χ1v) is 34.8. The zero-order chi connectivity index (χ0) is 60.6. The van der Waals surface area contributed by atoms with Crippen LogP contribution in [-0.2, 0) is 9.13 Å². The lowest BCUT2D eigenvalue weighted by Crippen LogP contribution is -2.28. The molecule has 0 bridgehead atoms.